The molecule has 1 aliphatic heterocycles. The lowest BCUT2D eigenvalue weighted by Gasteiger charge is -2.34. The van der Waals surface area contributed by atoms with Gasteiger partial charge < -0.3 is 29.6 Å². The number of amides is 2. The molecule has 8 nitrogen and oxygen atoms in total. The quantitative estimate of drug-likeness (QED) is 0.570. The third kappa shape index (κ3) is 4.21. The number of benzene rings is 1. The Balaban J connectivity index is 2.38. The van der Waals surface area contributed by atoms with E-state index in [1.165, 1.54) is 21.3 Å². The molecule has 8 heteroatoms. The lowest BCUT2D eigenvalue weighted by Crippen LogP contribution is -2.51. The third-order valence-electron chi connectivity index (χ3n) is 3.83. The molecule has 25 heavy (non-hydrogen) atoms. The highest BCUT2D eigenvalue weighted by Crippen LogP contribution is 2.37. The van der Waals surface area contributed by atoms with Gasteiger partial charge in [0, 0.05) is 18.4 Å². The Labute approximate surface area is 146 Å². The summed E-state index contributed by atoms with van der Waals surface area (Å²) in [5.74, 6) is -0.267. The third-order valence-corrected chi connectivity index (χ3v) is 3.83. The number of nitrogens with one attached hydrogen (secondary N) is 2. The van der Waals surface area contributed by atoms with E-state index in [0.717, 1.165) is 0 Å². The molecule has 0 aliphatic carbocycles. The zero-order chi connectivity index (χ0) is 18.4. The van der Waals surface area contributed by atoms with E-state index < -0.39 is 24.0 Å². The van der Waals surface area contributed by atoms with E-state index in [4.69, 9.17) is 18.9 Å². The summed E-state index contributed by atoms with van der Waals surface area (Å²) in [6.07, 6.45) is 0. The minimum Gasteiger partial charge on any atom is -0.497 e. The average Bonchev–Trinajstić information content (AvgIpc) is 2.60. The van der Waals surface area contributed by atoms with Crippen molar-refractivity contribution in [3.8, 4) is 11.5 Å². The van der Waals surface area contributed by atoms with E-state index in [0.29, 0.717) is 17.1 Å². The summed E-state index contributed by atoms with van der Waals surface area (Å²) in [4.78, 5) is 24.4. The largest absolute Gasteiger partial charge is 0.497 e. The van der Waals surface area contributed by atoms with Crippen LogP contribution in [-0.4, -0.2) is 46.5 Å². The fourth-order valence-corrected chi connectivity index (χ4v) is 2.62. The van der Waals surface area contributed by atoms with E-state index in [9.17, 15) is 9.59 Å². The molecule has 0 aromatic heterocycles. The first-order valence-electron chi connectivity index (χ1n) is 7.65. The highest BCUT2D eigenvalue weighted by molar-refractivity contribution is 5.85. The molecule has 1 aliphatic rings. The maximum absolute atomic E-state index is 12.5. The van der Waals surface area contributed by atoms with Crippen LogP contribution in [0.4, 0.5) is 4.79 Å². The van der Waals surface area contributed by atoms with Crippen LogP contribution in [0.2, 0.25) is 0 Å². The molecule has 1 heterocycles. The molecule has 2 N–H and O–H groups in total. The number of hydrogen-bond donors (Lipinski definition) is 2. The van der Waals surface area contributed by atoms with Crippen molar-refractivity contribution in [2.45, 2.75) is 6.04 Å². The highest BCUT2D eigenvalue weighted by Gasteiger charge is 2.40. The van der Waals surface area contributed by atoms with Crippen LogP contribution in [0.15, 0.2) is 30.5 Å². The average molecular weight is 350 g/mol. The topological polar surface area (TPSA) is 95.1 Å². The standard InChI is InChI=1S/C17H22N2O6/c1-10-14(16(20)25-8-7-22-2)15(19-17(21)18-10)12-9-11(23-3)5-6-13(12)24-4/h5-6,9,14-15H,1,7-8H2,2-4H3,(H2,18,19,21)/t14-,15+/m1/s1. The maximum atomic E-state index is 12.5. The van der Waals surface area contributed by atoms with Gasteiger partial charge in [-0.15, -0.1) is 0 Å². The fraction of sp³-hybridized carbons (Fsp3) is 0.412. The normalized spacial score (nSPS) is 19.6. The minimum absolute atomic E-state index is 0.106. The van der Waals surface area contributed by atoms with Gasteiger partial charge in [-0.25, -0.2) is 4.79 Å². The number of rotatable bonds is 7. The van der Waals surface area contributed by atoms with Crippen LogP contribution in [0.25, 0.3) is 0 Å². The smallest absolute Gasteiger partial charge is 0.319 e. The monoisotopic (exact) mass is 350 g/mol. The van der Waals surface area contributed by atoms with E-state index in [-0.39, 0.29) is 18.9 Å². The van der Waals surface area contributed by atoms with E-state index in [2.05, 4.69) is 17.2 Å². The van der Waals surface area contributed by atoms with Gasteiger partial charge in [-0.1, -0.05) is 6.58 Å². The van der Waals surface area contributed by atoms with Crippen LogP contribution < -0.4 is 20.1 Å². The van der Waals surface area contributed by atoms with Crippen molar-refractivity contribution in [1.29, 1.82) is 0 Å². The summed E-state index contributed by atoms with van der Waals surface area (Å²) in [5.41, 5.74) is 0.840. The van der Waals surface area contributed by atoms with Crippen LogP contribution >= 0.6 is 0 Å². The maximum Gasteiger partial charge on any atom is 0.319 e. The minimum atomic E-state index is -0.824. The van der Waals surface area contributed by atoms with Crippen molar-refractivity contribution < 1.29 is 28.5 Å². The lowest BCUT2D eigenvalue weighted by molar-refractivity contribution is -0.149. The number of carbonyl (C=O) groups excluding carboxylic acids is 2. The molecule has 1 saturated heterocycles. The molecule has 1 aromatic rings. The lowest BCUT2D eigenvalue weighted by atomic mass is 9.88. The molecule has 0 saturated carbocycles. The Morgan fingerprint density at radius 2 is 1.96 bits per heavy atom. The van der Waals surface area contributed by atoms with Gasteiger partial charge in [0.1, 0.15) is 24.0 Å². The first-order chi connectivity index (χ1) is 12.0. The van der Waals surface area contributed by atoms with Crippen LogP contribution in [0.1, 0.15) is 11.6 Å². The molecule has 136 valence electrons. The van der Waals surface area contributed by atoms with E-state index >= 15 is 0 Å². The number of urea groups is 1. The molecule has 1 aromatic carbocycles. The molecule has 0 radical (unpaired) electrons. The van der Waals surface area contributed by atoms with Gasteiger partial charge in [0.2, 0.25) is 0 Å². The Bertz CT molecular complexity index is 661. The summed E-state index contributed by atoms with van der Waals surface area (Å²) >= 11 is 0. The zero-order valence-corrected chi connectivity index (χ0v) is 14.5. The van der Waals surface area contributed by atoms with Gasteiger partial charge in [0.25, 0.3) is 0 Å². The fourth-order valence-electron chi connectivity index (χ4n) is 2.62. The Kier molecular flexibility index (Phi) is 6.24. The summed E-state index contributed by atoms with van der Waals surface area (Å²) in [6, 6.07) is 3.98. The second-order valence-corrected chi connectivity index (χ2v) is 5.35. The van der Waals surface area contributed by atoms with Gasteiger partial charge in [-0.2, -0.15) is 0 Å². The molecule has 0 unspecified atom stereocenters. The zero-order valence-electron chi connectivity index (χ0n) is 14.5. The van der Waals surface area contributed by atoms with Crippen molar-refractivity contribution in [3.63, 3.8) is 0 Å². The number of esters is 1. The van der Waals surface area contributed by atoms with Crippen LogP contribution in [0.5, 0.6) is 11.5 Å². The van der Waals surface area contributed by atoms with Crippen molar-refractivity contribution in [3.05, 3.63) is 36.0 Å². The van der Waals surface area contributed by atoms with Crippen molar-refractivity contribution in [2.24, 2.45) is 5.92 Å². The van der Waals surface area contributed by atoms with Crippen molar-refractivity contribution in [2.75, 3.05) is 34.5 Å². The van der Waals surface area contributed by atoms with Gasteiger partial charge in [0.15, 0.2) is 0 Å². The van der Waals surface area contributed by atoms with Gasteiger partial charge >= 0.3 is 12.0 Å². The molecule has 2 amide bonds. The van der Waals surface area contributed by atoms with Crippen molar-refractivity contribution >= 4 is 12.0 Å². The van der Waals surface area contributed by atoms with Gasteiger partial charge in [-0.05, 0) is 18.2 Å². The molecule has 1 fully saturated rings. The highest BCUT2D eigenvalue weighted by atomic mass is 16.6. The van der Waals surface area contributed by atoms with Crippen LogP contribution in [0.3, 0.4) is 0 Å². The first-order valence-corrected chi connectivity index (χ1v) is 7.65. The van der Waals surface area contributed by atoms with Crippen LogP contribution in [0, 0.1) is 5.92 Å². The Hall–Kier alpha value is -2.74. The van der Waals surface area contributed by atoms with Gasteiger partial charge in [-0.3, -0.25) is 4.79 Å². The number of methoxy groups -OCH3 is 3. The number of hydrogen-bond acceptors (Lipinski definition) is 6. The van der Waals surface area contributed by atoms with Crippen molar-refractivity contribution in [1.82, 2.24) is 10.6 Å². The summed E-state index contributed by atoms with van der Waals surface area (Å²) in [5, 5.41) is 5.25. The molecule has 0 bridgehead atoms. The van der Waals surface area contributed by atoms with Crippen LogP contribution in [-0.2, 0) is 14.3 Å². The predicted octanol–water partition coefficient (Wildman–Crippen LogP) is 1.38. The Morgan fingerprint density at radius 1 is 1.20 bits per heavy atom. The summed E-state index contributed by atoms with van der Waals surface area (Å²) in [7, 11) is 4.55. The second kappa shape index (κ2) is 8.39. The summed E-state index contributed by atoms with van der Waals surface area (Å²) in [6.45, 7) is 4.17. The molecular weight excluding hydrogens is 328 g/mol. The Morgan fingerprint density at radius 3 is 2.60 bits per heavy atom. The second-order valence-electron chi connectivity index (χ2n) is 5.35. The predicted molar refractivity (Wildman–Crippen MR) is 89.4 cm³/mol. The number of carbonyl (C=O) groups is 2. The van der Waals surface area contributed by atoms with E-state index in [1.807, 2.05) is 0 Å². The number of ether oxygens (including phenoxy) is 4. The van der Waals surface area contributed by atoms with Gasteiger partial charge in [0.05, 0.1) is 26.9 Å². The van der Waals surface area contributed by atoms with E-state index in [1.54, 1.807) is 18.2 Å². The molecular formula is C17H22N2O6. The molecule has 2 rings (SSSR count). The molecule has 2 atom stereocenters. The SMILES string of the molecule is C=C1NC(=O)N[C@@H](c2cc(OC)ccc2OC)[C@@H]1C(=O)OCCOC. The summed E-state index contributed by atoms with van der Waals surface area (Å²) < 4.78 is 20.7. The first kappa shape index (κ1) is 18.6. The molecule has 0 spiro atoms.